The summed E-state index contributed by atoms with van der Waals surface area (Å²) in [4.78, 5) is 7.58. The number of ether oxygens (including phenoxy) is 1. The molecule has 106 valence electrons. The van der Waals surface area contributed by atoms with Crippen LogP contribution in [0.15, 0.2) is 53.6 Å². The highest BCUT2D eigenvalue weighted by molar-refractivity contribution is 5.99. The fourth-order valence-electron chi connectivity index (χ4n) is 2.06. The van der Waals surface area contributed by atoms with Crippen LogP contribution in [-0.2, 0) is 0 Å². The number of aromatic nitrogens is 2. The minimum atomic E-state index is 0.624. The molecular formula is C16H16N4O. The highest BCUT2D eigenvalue weighted by Crippen LogP contribution is 2.15. The van der Waals surface area contributed by atoms with E-state index >= 15 is 0 Å². The van der Waals surface area contributed by atoms with Crippen molar-refractivity contribution in [1.82, 2.24) is 9.97 Å². The molecule has 0 atom stereocenters. The van der Waals surface area contributed by atoms with Crippen molar-refractivity contribution < 1.29 is 4.74 Å². The standard InChI is InChI=1S/C16H16N4O/c1-11(12-6-5-7-13(10-12)21-2)19-20-16-17-14-8-3-4-9-15(14)18-16/h3-10H,1-2H3,(H2,17,18,20)/b19-11+. The Balaban J connectivity index is 1.80. The molecule has 0 saturated carbocycles. The first-order valence-electron chi connectivity index (χ1n) is 6.66. The van der Waals surface area contributed by atoms with Gasteiger partial charge in [0.15, 0.2) is 0 Å². The zero-order valence-corrected chi connectivity index (χ0v) is 11.9. The second-order valence-electron chi connectivity index (χ2n) is 4.64. The van der Waals surface area contributed by atoms with E-state index in [0.717, 1.165) is 28.1 Å². The van der Waals surface area contributed by atoms with E-state index in [1.807, 2.05) is 55.5 Å². The number of fused-ring (bicyclic) bond motifs is 1. The average Bonchev–Trinajstić information content (AvgIpc) is 2.95. The molecule has 2 N–H and O–H groups in total. The third-order valence-electron chi connectivity index (χ3n) is 3.21. The van der Waals surface area contributed by atoms with E-state index in [-0.39, 0.29) is 0 Å². The van der Waals surface area contributed by atoms with Crippen molar-refractivity contribution in [3.8, 4) is 5.75 Å². The number of anilines is 1. The van der Waals surface area contributed by atoms with Gasteiger partial charge in [0.2, 0.25) is 5.95 Å². The fraction of sp³-hybridized carbons (Fsp3) is 0.125. The van der Waals surface area contributed by atoms with E-state index < -0.39 is 0 Å². The molecule has 0 saturated heterocycles. The lowest BCUT2D eigenvalue weighted by Gasteiger charge is -2.04. The van der Waals surface area contributed by atoms with Gasteiger partial charge in [-0.15, -0.1) is 0 Å². The minimum absolute atomic E-state index is 0.624. The number of H-pyrrole nitrogens is 1. The van der Waals surface area contributed by atoms with Gasteiger partial charge in [0.1, 0.15) is 5.75 Å². The predicted molar refractivity (Wildman–Crippen MR) is 84.9 cm³/mol. The van der Waals surface area contributed by atoms with E-state index in [4.69, 9.17) is 4.74 Å². The van der Waals surface area contributed by atoms with Gasteiger partial charge in [-0.1, -0.05) is 24.3 Å². The van der Waals surface area contributed by atoms with Crippen LogP contribution in [0.3, 0.4) is 0 Å². The summed E-state index contributed by atoms with van der Waals surface area (Å²) in [6, 6.07) is 15.6. The van der Waals surface area contributed by atoms with Crippen molar-refractivity contribution in [2.24, 2.45) is 5.10 Å². The highest BCUT2D eigenvalue weighted by atomic mass is 16.5. The van der Waals surface area contributed by atoms with E-state index in [1.54, 1.807) is 7.11 Å². The van der Waals surface area contributed by atoms with E-state index in [2.05, 4.69) is 20.5 Å². The van der Waals surface area contributed by atoms with Crippen molar-refractivity contribution in [3.63, 3.8) is 0 Å². The van der Waals surface area contributed by atoms with Crippen LogP contribution in [-0.4, -0.2) is 22.8 Å². The van der Waals surface area contributed by atoms with Gasteiger partial charge in [-0.3, -0.25) is 0 Å². The minimum Gasteiger partial charge on any atom is -0.497 e. The first-order chi connectivity index (χ1) is 10.3. The number of hydrogen-bond acceptors (Lipinski definition) is 4. The van der Waals surface area contributed by atoms with Gasteiger partial charge in [-0.25, -0.2) is 10.4 Å². The average molecular weight is 280 g/mol. The summed E-state index contributed by atoms with van der Waals surface area (Å²) in [5, 5.41) is 4.35. The second kappa shape index (κ2) is 5.66. The zero-order valence-electron chi connectivity index (χ0n) is 11.9. The molecule has 5 heteroatoms. The van der Waals surface area contributed by atoms with Crippen LogP contribution in [0.2, 0.25) is 0 Å². The largest absolute Gasteiger partial charge is 0.497 e. The van der Waals surface area contributed by atoms with Gasteiger partial charge >= 0.3 is 0 Å². The quantitative estimate of drug-likeness (QED) is 0.568. The van der Waals surface area contributed by atoms with Gasteiger partial charge in [0.05, 0.1) is 23.9 Å². The normalized spacial score (nSPS) is 11.6. The van der Waals surface area contributed by atoms with Crippen LogP contribution >= 0.6 is 0 Å². The third kappa shape index (κ3) is 2.86. The maximum atomic E-state index is 5.21. The Kier molecular flexibility index (Phi) is 3.55. The molecule has 0 aliphatic carbocycles. The molecule has 0 aliphatic heterocycles. The number of benzene rings is 2. The molecule has 0 radical (unpaired) electrons. The Morgan fingerprint density at radius 2 is 2.05 bits per heavy atom. The third-order valence-corrected chi connectivity index (χ3v) is 3.21. The molecule has 3 rings (SSSR count). The summed E-state index contributed by atoms with van der Waals surface area (Å²) in [5.74, 6) is 1.43. The smallest absolute Gasteiger partial charge is 0.222 e. The van der Waals surface area contributed by atoms with Crippen molar-refractivity contribution in [2.75, 3.05) is 12.5 Å². The summed E-state index contributed by atoms with van der Waals surface area (Å²) in [5.41, 5.74) is 6.70. The Bertz CT molecular complexity index is 759. The van der Waals surface area contributed by atoms with Crippen LogP contribution in [0.5, 0.6) is 5.75 Å². The van der Waals surface area contributed by atoms with Gasteiger partial charge in [0.25, 0.3) is 0 Å². The molecule has 0 amide bonds. The number of methoxy groups -OCH3 is 1. The predicted octanol–water partition coefficient (Wildman–Crippen LogP) is 3.41. The van der Waals surface area contributed by atoms with Crippen LogP contribution in [0.25, 0.3) is 11.0 Å². The molecule has 0 unspecified atom stereocenters. The topological polar surface area (TPSA) is 62.3 Å². The van der Waals surface area contributed by atoms with E-state index in [0.29, 0.717) is 5.95 Å². The number of nitrogens with zero attached hydrogens (tertiary/aromatic N) is 2. The number of hydrazone groups is 1. The number of rotatable bonds is 4. The van der Waals surface area contributed by atoms with Crippen molar-refractivity contribution in [1.29, 1.82) is 0 Å². The molecule has 21 heavy (non-hydrogen) atoms. The lowest BCUT2D eigenvalue weighted by atomic mass is 10.1. The maximum absolute atomic E-state index is 5.21. The molecule has 0 aliphatic rings. The van der Waals surface area contributed by atoms with E-state index in [1.165, 1.54) is 0 Å². The first kappa shape index (κ1) is 13.2. The number of para-hydroxylation sites is 2. The number of nitrogens with one attached hydrogen (secondary N) is 2. The number of hydrogen-bond donors (Lipinski definition) is 2. The Labute approximate surface area is 122 Å². The van der Waals surface area contributed by atoms with Crippen molar-refractivity contribution >= 4 is 22.7 Å². The van der Waals surface area contributed by atoms with E-state index in [9.17, 15) is 0 Å². The fourth-order valence-corrected chi connectivity index (χ4v) is 2.06. The Hall–Kier alpha value is -2.82. The summed E-state index contributed by atoms with van der Waals surface area (Å²) < 4.78 is 5.21. The van der Waals surface area contributed by atoms with Crippen LogP contribution in [0.1, 0.15) is 12.5 Å². The van der Waals surface area contributed by atoms with Gasteiger partial charge in [-0.05, 0) is 31.2 Å². The van der Waals surface area contributed by atoms with Crippen molar-refractivity contribution in [3.05, 3.63) is 54.1 Å². The SMILES string of the molecule is COc1cccc(/C(C)=N/Nc2nc3ccccc3[nH]2)c1. The van der Waals surface area contributed by atoms with Gasteiger partial charge in [-0.2, -0.15) is 5.10 Å². The van der Waals surface area contributed by atoms with Gasteiger partial charge < -0.3 is 9.72 Å². The Morgan fingerprint density at radius 1 is 1.19 bits per heavy atom. The Morgan fingerprint density at radius 3 is 2.86 bits per heavy atom. The molecule has 5 nitrogen and oxygen atoms in total. The molecule has 0 fully saturated rings. The summed E-state index contributed by atoms with van der Waals surface area (Å²) in [6.45, 7) is 1.93. The van der Waals surface area contributed by atoms with Crippen molar-refractivity contribution in [2.45, 2.75) is 6.92 Å². The van der Waals surface area contributed by atoms with Crippen LogP contribution in [0, 0.1) is 0 Å². The molecule has 3 aromatic rings. The molecule has 2 aromatic carbocycles. The molecule has 1 aromatic heterocycles. The molecule has 1 heterocycles. The van der Waals surface area contributed by atoms with Gasteiger partial charge in [0, 0.05) is 5.56 Å². The van der Waals surface area contributed by atoms with Crippen LogP contribution in [0.4, 0.5) is 5.95 Å². The lowest BCUT2D eigenvalue weighted by Crippen LogP contribution is -2.00. The molecular weight excluding hydrogens is 264 g/mol. The molecule has 0 spiro atoms. The monoisotopic (exact) mass is 280 g/mol. The first-order valence-corrected chi connectivity index (χ1v) is 6.66. The summed E-state index contributed by atoms with van der Waals surface area (Å²) in [6.07, 6.45) is 0. The van der Waals surface area contributed by atoms with Crippen LogP contribution < -0.4 is 10.2 Å². The highest BCUT2D eigenvalue weighted by Gasteiger charge is 2.02. The second-order valence-corrected chi connectivity index (χ2v) is 4.64. The lowest BCUT2D eigenvalue weighted by molar-refractivity contribution is 0.414. The number of imidazole rings is 1. The molecule has 0 bridgehead atoms. The number of aromatic amines is 1. The zero-order chi connectivity index (χ0) is 14.7. The maximum Gasteiger partial charge on any atom is 0.222 e. The summed E-state index contributed by atoms with van der Waals surface area (Å²) in [7, 11) is 1.65. The summed E-state index contributed by atoms with van der Waals surface area (Å²) >= 11 is 0.